The molecule has 2 unspecified atom stereocenters. The van der Waals surface area contributed by atoms with Crippen LogP contribution in [0.15, 0.2) is 24.3 Å². The Morgan fingerprint density at radius 2 is 1.86 bits per heavy atom. The highest BCUT2D eigenvalue weighted by Crippen LogP contribution is 2.40. The Morgan fingerprint density at radius 1 is 1.14 bits per heavy atom. The van der Waals surface area contributed by atoms with Crippen molar-refractivity contribution in [3.05, 3.63) is 44.9 Å². The number of imidazole rings is 1. The maximum atomic E-state index is 13.4. The molecule has 42 heavy (non-hydrogen) atoms. The number of nitrogens with one attached hydrogen (secondary N) is 2. The van der Waals surface area contributed by atoms with Gasteiger partial charge in [-0.1, -0.05) is 40.9 Å². The predicted molar refractivity (Wildman–Crippen MR) is 150 cm³/mol. The molecule has 16 heteroatoms. The zero-order valence-electron chi connectivity index (χ0n) is 22.3. The molecule has 2 aromatic carbocycles. The first-order valence-electron chi connectivity index (χ1n) is 12.7. The van der Waals surface area contributed by atoms with Crippen LogP contribution in [0.25, 0.3) is 11.0 Å². The molecule has 0 saturated carbocycles. The first-order chi connectivity index (χ1) is 19.5. The Labute approximate surface area is 252 Å². The summed E-state index contributed by atoms with van der Waals surface area (Å²) < 4.78 is 83.5. The quantitative estimate of drug-likeness (QED) is 0.243. The Bertz CT molecular complexity index is 1460. The number of halogens is 9. The van der Waals surface area contributed by atoms with Gasteiger partial charge in [-0.15, -0.1) is 0 Å². The highest BCUT2D eigenvalue weighted by molar-refractivity contribution is 6.39. The first-order valence-corrected chi connectivity index (χ1v) is 13.9. The zero-order valence-corrected chi connectivity index (χ0v) is 24.5. The maximum absolute atomic E-state index is 13.4. The molecule has 2 N–H and O–H groups in total. The second kappa shape index (κ2) is 12.6. The summed E-state index contributed by atoms with van der Waals surface area (Å²) in [5, 5.41) is 6.14. The summed E-state index contributed by atoms with van der Waals surface area (Å²) in [6.07, 6.45) is -9.77. The van der Waals surface area contributed by atoms with E-state index in [-0.39, 0.29) is 40.3 Å². The average molecular weight is 661 g/mol. The number of hydrogen-bond acceptors (Lipinski definition) is 5. The number of nitrogens with zero attached hydrogens (tertiary/aromatic N) is 3. The standard InChI is InChI=1S/C26H26Cl3F6N5O2/c1-13(42-12-25(30,31)32)23(41)36-10-14-5-6-16(27)22(21(14)29)38-24-37-18-8-17(28)19(9-20(18)39(24)2)40-7-3-4-15(11-40)26(33,34)35/h5-6,8-9,13,15H,3-4,7,10-12H2,1-2H3,(H,36,41)(H,37,38). The number of aryl methyl sites for hydroxylation is 1. The predicted octanol–water partition coefficient (Wildman–Crippen LogP) is 7.64. The summed E-state index contributed by atoms with van der Waals surface area (Å²) >= 11 is 19.4. The molecule has 4 rings (SSSR count). The number of piperidine rings is 1. The number of amides is 1. The van der Waals surface area contributed by atoms with Crippen LogP contribution in [0.4, 0.5) is 43.7 Å². The van der Waals surface area contributed by atoms with Crippen LogP contribution >= 0.6 is 34.8 Å². The Kier molecular flexibility index (Phi) is 9.66. The minimum atomic E-state index is -4.57. The van der Waals surface area contributed by atoms with Crippen molar-refractivity contribution in [3.8, 4) is 0 Å². The summed E-state index contributed by atoms with van der Waals surface area (Å²) in [6, 6.07) is 6.33. The lowest BCUT2D eigenvalue weighted by Crippen LogP contribution is -2.41. The minimum absolute atomic E-state index is 0.0643. The largest absolute Gasteiger partial charge is 0.411 e. The lowest BCUT2D eigenvalue weighted by molar-refractivity contribution is -0.185. The van der Waals surface area contributed by atoms with E-state index in [4.69, 9.17) is 34.8 Å². The lowest BCUT2D eigenvalue weighted by atomic mass is 9.97. The van der Waals surface area contributed by atoms with Crippen LogP contribution in [0.3, 0.4) is 0 Å². The molecule has 1 amide bonds. The summed E-state index contributed by atoms with van der Waals surface area (Å²) in [6.45, 7) is -0.253. The van der Waals surface area contributed by atoms with E-state index in [0.717, 1.165) is 0 Å². The second-order valence-corrected chi connectivity index (χ2v) is 11.1. The molecule has 1 fully saturated rings. The molecule has 0 spiro atoms. The highest BCUT2D eigenvalue weighted by Gasteiger charge is 2.42. The van der Waals surface area contributed by atoms with Crippen LogP contribution in [0.1, 0.15) is 25.3 Å². The van der Waals surface area contributed by atoms with Crippen molar-refractivity contribution in [2.24, 2.45) is 13.0 Å². The van der Waals surface area contributed by atoms with Gasteiger partial charge in [-0.25, -0.2) is 4.98 Å². The number of hydrogen-bond donors (Lipinski definition) is 2. The van der Waals surface area contributed by atoms with Gasteiger partial charge in [0.25, 0.3) is 0 Å². The van der Waals surface area contributed by atoms with E-state index >= 15 is 0 Å². The van der Waals surface area contributed by atoms with E-state index in [0.29, 0.717) is 41.2 Å². The fraction of sp³-hybridized carbons (Fsp3) is 0.462. The molecule has 1 aliphatic heterocycles. The van der Waals surface area contributed by atoms with Crippen molar-refractivity contribution in [1.82, 2.24) is 14.9 Å². The number of fused-ring (bicyclic) bond motifs is 1. The molecule has 3 aromatic rings. The van der Waals surface area contributed by atoms with Crippen LogP contribution in [0.5, 0.6) is 0 Å². The summed E-state index contributed by atoms with van der Waals surface area (Å²) in [7, 11) is 1.69. The Morgan fingerprint density at radius 3 is 2.52 bits per heavy atom. The fourth-order valence-corrected chi connectivity index (χ4v) is 5.41. The normalized spacial score (nSPS) is 17.0. The third kappa shape index (κ3) is 7.47. The van der Waals surface area contributed by atoms with Gasteiger partial charge < -0.3 is 24.8 Å². The summed E-state index contributed by atoms with van der Waals surface area (Å²) in [4.78, 5) is 18.4. The van der Waals surface area contributed by atoms with Crippen molar-refractivity contribution in [2.45, 2.75) is 44.8 Å². The van der Waals surface area contributed by atoms with E-state index in [9.17, 15) is 31.1 Å². The maximum Gasteiger partial charge on any atom is 0.411 e. The topological polar surface area (TPSA) is 71.4 Å². The molecule has 0 aliphatic carbocycles. The average Bonchev–Trinajstić information content (AvgIpc) is 3.21. The second-order valence-electron chi connectivity index (χ2n) is 9.92. The summed E-state index contributed by atoms with van der Waals surface area (Å²) in [5.74, 6) is -1.92. The number of rotatable bonds is 8. The number of carbonyl (C=O) groups is 1. The number of aromatic nitrogens is 2. The zero-order chi connectivity index (χ0) is 31.0. The number of carbonyl (C=O) groups excluding carboxylic acids is 1. The Balaban J connectivity index is 1.53. The molecule has 7 nitrogen and oxygen atoms in total. The van der Waals surface area contributed by atoms with Gasteiger partial charge in [0.1, 0.15) is 12.7 Å². The van der Waals surface area contributed by atoms with Gasteiger partial charge in [-0.3, -0.25) is 4.79 Å². The summed E-state index contributed by atoms with van der Waals surface area (Å²) in [5.41, 5.74) is 2.19. The van der Waals surface area contributed by atoms with E-state index < -0.39 is 36.9 Å². The van der Waals surface area contributed by atoms with Gasteiger partial charge in [-0.2, -0.15) is 26.3 Å². The van der Waals surface area contributed by atoms with Gasteiger partial charge in [0.05, 0.1) is 43.4 Å². The minimum Gasteiger partial charge on any atom is -0.370 e. The third-order valence-corrected chi connectivity index (χ3v) is 7.95. The fourth-order valence-electron chi connectivity index (χ4n) is 4.60. The number of alkyl halides is 6. The molecule has 0 radical (unpaired) electrons. The lowest BCUT2D eigenvalue weighted by Gasteiger charge is -2.35. The molecule has 0 bridgehead atoms. The van der Waals surface area contributed by atoms with E-state index in [1.165, 1.54) is 13.0 Å². The molecule has 1 aliphatic rings. The van der Waals surface area contributed by atoms with E-state index in [1.807, 2.05) is 0 Å². The molecule has 1 saturated heterocycles. The van der Waals surface area contributed by atoms with Gasteiger partial charge in [0.15, 0.2) is 0 Å². The smallest absolute Gasteiger partial charge is 0.370 e. The SMILES string of the molecule is CC(OCC(F)(F)F)C(=O)NCc1ccc(Cl)c(Nc2nc3cc(Cl)c(N4CCCC(C(F)(F)F)C4)cc3n2C)c1Cl. The number of anilines is 3. The third-order valence-electron chi connectivity index (χ3n) is 6.90. The first kappa shape index (κ1) is 32.3. The van der Waals surface area contributed by atoms with Crippen molar-refractivity contribution < 1.29 is 35.9 Å². The van der Waals surface area contributed by atoms with Gasteiger partial charge in [0.2, 0.25) is 11.9 Å². The van der Waals surface area contributed by atoms with Crippen molar-refractivity contribution in [2.75, 3.05) is 29.9 Å². The molecule has 2 atom stereocenters. The highest BCUT2D eigenvalue weighted by atomic mass is 35.5. The molecule has 2 heterocycles. The van der Waals surface area contributed by atoms with Crippen LogP contribution in [-0.4, -0.2) is 53.6 Å². The van der Waals surface area contributed by atoms with E-state index in [2.05, 4.69) is 20.4 Å². The molecular formula is C26H26Cl3F6N5O2. The van der Waals surface area contributed by atoms with Gasteiger partial charge in [0, 0.05) is 26.7 Å². The monoisotopic (exact) mass is 659 g/mol. The Hall–Kier alpha value is -2.61. The van der Waals surface area contributed by atoms with Crippen molar-refractivity contribution in [3.63, 3.8) is 0 Å². The molecule has 230 valence electrons. The molecular weight excluding hydrogens is 635 g/mol. The van der Waals surface area contributed by atoms with Gasteiger partial charge in [-0.05, 0) is 43.5 Å². The van der Waals surface area contributed by atoms with Crippen molar-refractivity contribution in [1.29, 1.82) is 0 Å². The van der Waals surface area contributed by atoms with Gasteiger partial charge >= 0.3 is 12.4 Å². The molecule has 1 aromatic heterocycles. The van der Waals surface area contributed by atoms with Crippen molar-refractivity contribution >= 4 is 69.1 Å². The van der Waals surface area contributed by atoms with Crippen LogP contribution < -0.4 is 15.5 Å². The van der Waals surface area contributed by atoms with Crippen LogP contribution in [-0.2, 0) is 23.1 Å². The number of benzene rings is 2. The number of ether oxygens (including phenoxy) is 1. The van der Waals surface area contributed by atoms with Crippen LogP contribution in [0, 0.1) is 5.92 Å². The van der Waals surface area contributed by atoms with Crippen LogP contribution in [0.2, 0.25) is 15.1 Å². The van der Waals surface area contributed by atoms with E-state index in [1.54, 1.807) is 34.7 Å².